The van der Waals surface area contributed by atoms with Crippen molar-refractivity contribution in [2.24, 2.45) is 5.92 Å². The van der Waals surface area contributed by atoms with Crippen molar-refractivity contribution in [3.05, 3.63) is 18.5 Å². The number of hydrogen-bond donors (Lipinski definition) is 0. The van der Waals surface area contributed by atoms with Gasteiger partial charge in [-0.2, -0.15) is 0 Å². The van der Waals surface area contributed by atoms with E-state index in [1.807, 2.05) is 0 Å². The van der Waals surface area contributed by atoms with Crippen molar-refractivity contribution in [2.75, 3.05) is 6.61 Å². The molecule has 1 fully saturated rings. The molecule has 1 aromatic rings. The number of rotatable bonds is 3. The lowest BCUT2D eigenvalue weighted by Gasteiger charge is -2.22. The molecule has 68 valence electrons. The zero-order valence-electron chi connectivity index (χ0n) is 7.14. The lowest BCUT2D eigenvalue weighted by atomic mass is 9.85. The summed E-state index contributed by atoms with van der Waals surface area (Å²) in [4.78, 5) is 18.5. The minimum Gasteiger partial charge on any atom is -0.463 e. The average Bonchev–Trinajstić information content (AvgIpc) is 2.12. The van der Waals surface area contributed by atoms with E-state index in [4.69, 9.17) is 4.74 Å². The summed E-state index contributed by atoms with van der Waals surface area (Å²) in [5.74, 6) is 0.693. The number of aromatic nitrogens is 2. The van der Waals surface area contributed by atoms with E-state index in [-0.39, 0.29) is 0 Å². The normalized spacial score (nSPS) is 16.8. The van der Waals surface area contributed by atoms with E-state index in [1.165, 1.54) is 0 Å². The van der Waals surface area contributed by atoms with Crippen LogP contribution in [0.1, 0.15) is 12.8 Å². The summed E-state index contributed by atoms with van der Waals surface area (Å²) in [6.45, 7) is 0.551. The first kappa shape index (κ1) is 8.16. The van der Waals surface area contributed by atoms with E-state index in [0.717, 1.165) is 0 Å². The molecule has 0 atom stereocenters. The Bertz CT molecular complexity index is 292. The molecule has 4 heteroatoms. The molecule has 0 bridgehead atoms. The highest BCUT2D eigenvalue weighted by atomic mass is 16.5. The zero-order valence-corrected chi connectivity index (χ0v) is 7.14. The monoisotopic (exact) mass is 178 g/mol. The lowest BCUT2D eigenvalue weighted by molar-refractivity contribution is -0.127. The summed E-state index contributed by atoms with van der Waals surface area (Å²) in [5.41, 5.74) is 0. The van der Waals surface area contributed by atoms with Crippen molar-refractivity contribution in [2.45, 2.75) is 12.8 Å². The molecule has 0 aliphatic heterocycles. The second-order valence-corrected chi connectivity index (χ2v) is 3.16. The van der Waals surface area contributed by atoms with Gasteiger partial charge >= 0.3 is 6.01 Å². The van der Waals surface area contributed by atoms with Crippen molar-refractivity contribution in [3.8, 4) is 6.01 Å². The molecule has 0 aromatic carbocycles. The largest absolute Gasteiger partial charge is 0.463 e. The lowest BCUT2D eigenvalue weighted by Crippen LogP contribution is -2.28. The predicted molar refractivity (Wildman–Crippen MR) is 45.3 cm³/mol. The van der Waals surface area contributed by atoms with Crippen molar-refractivity contribution < 1.29 is 9.53 Å². The highest BCUT2D eigenvalue weighted by molar-refractivity contribution is 5.84. The molecular formula is C9H10N2O2. The fourth-order valence-corrected chi connectivity index (χ4v) is 1.25. The summed E-state index contributed by atoms with van der Waals surface area (Å²) >= 11 is 0. The number of nitrogens with zero attached hydrogens (tertiary/aromatic N) is 2. The molecule has 0 radical (unpaired) electrons. The van der Waals surface area contributed by atoms with Crippen molar-refractivity contribution in [3.63, 3.8) is 0 Å². The molecule has 0 saturated heterocycles. The van der Waals surface area contributed by atoms with Crippen LogP contribution in [-0.2, 0) is 4.79 Å². The molecule has 0 amide bonds. The minimum absolute atomic E-state index is 0.322. The standard InChI is InChI=1S/C9H10N2O2/c12-8-4-7(5-8)6-13-9-10-2-1-3-11-9/h1-3,7H,4-6H2. The van der Waals surface area contributed by atoms with Gasteiger partial charge in [0.15, 0.2) is 0 Å². The van der Waals surface area contributed by atoms with E-state index in [9.17, 15) is 4.79 Å². The fraction of sp³-hybridized carbons (Fsp3) is 0.444. The maximum atomic E-state index is 10.6. The van der Waals surface area contributed by atoms with Gasteiger partial charge in [-0.3, -0.25) is 4.79 Å². The molecule has 13 heavy (non-hydrogen) atoms. The summed E-state index contributed by atoms with van der Waals surface area (Å²) in [7, 11) is 0. The molecule has 1 saturated carbocycles. The third-order valence-electron chi connectivity index (χ3n) is 2.02. The first-order chi connectivity index (χ1) is 6.34. The number of hydrogen-bond acceptors (Lipinski definition) is 4. The van der Waals surface area contributed by atoms with Gasteiger partial charge in [0.2, 0.25) is 0 Å². The average molecular weight is 178 g/mol. The van der Waals surface area contributed by atoms with Crippen LogP contribution in [0.4, 0.5) is 0 Å². The maximum absolute atomic E-state index is 10.6. The Balaban J connectivity index is 1.77. The van der Waals surface area contributed by atoms with Crippen LogP contribution in [0.15, 0.2) is 18.5 Å². The Morgan fingerprint density at radius 1 is 1.38 bits per heavy atom. The van der Waals surface area contributed by atoms with Crippen LogP contribution in [-0.4, -0.2) is 22.4 Å². The number of carbonyl (C=O) groups is 1. The Labute approximate surface area is 76.0 Å². The smallest absolute Gasteiger partial charge is 0.316 e. The minimum atomic E-state index is 0.322. The van der Waals surface area contributed by atoms with E-state index in [2.05, 4.69) is 9.97 Å². The van der Waals surface area contributed by atoms with Gasteiger partial charge in [0, 0.05) is 31.2 Å². The quantitative estimate of drug-likeness (QED) is 0.688. The summed E-state index contributed by atoms with van der Waals surface area (Å²) < 4.78 is 5.28. The number of ether oxygens (including phenoxy) is 1. The molecule has 1 aromatic heterocycles. The third-order valence-corrected chi connectivity index (χ3v) is 2.02. The van der Waals surface area contributed by atoms with Crippen LogP contribution in [0.5, 0.6) is 6.01 Å². The molecule has 0 unspecified atom stereocenters. The SMILES string of the molecule is O=C1CC(COc2ncccn2)C1. The van der Waals surface area contributed by atoms with Crippen molar-refractivity contribution in [1.82, 2.24) is 9.97 Å². The fourth-order valence-electron chi connectivity index (χ4n) is 1.25. The Hall–Kier alpha value is -1.45. The third kappa shape index (κ3) is 2.02. The molecule has 1 aliphatic rings. The first-order valence-electron chi connectivity index (χ1n) is 4.26. The summed E-state index contributed by atoms with van der Waals surface area (Å²) in [6, 6.07) is 2.13. The van der Waals surface area contributed by atoms with Gasteiger partial charge in [-0.15, -0.1) is 0 Å². The van der Waals surface area contributed by atoms with Crippen molar-refractivity contribution >= 4 is 5.78 Å². The van der Waals surface area contributed by atoms with Gasteiger partial charge in [-0.1, -0.05) is 0 Å². The molecule has 4 nitrogen and oxygen atoms in total. The topological polar surface area (TPSA) is 52.1 Å². The summed E-state index contributed by atoms with van der Waals surface area (Å²) in [6.07, 6.45) is 4.56. The summed E-state index contributed by atoms with van der Waals surface area (Å²) in [5, 5.41) is 0. The Kier molecular flexibility index (Phi) is 2.21. The molecule has 0 N–H and O–H groups in total. The van der Waals surface area contributed by atoms with Crippen LogP contribution in [0, 0.1) is 5.92 Å². The highest BCUT2D eigenvalue weighted by Crippen LogP contribution is 2.22. The molecule has 1 aliphatic carbocycles. The van der Waals surface area contributed by atoms with Gasteiger partial charge in [0.1, 0.15) is 5.78 Å². The van der Waals surface area contributed by atoms with E-state index >= 15 is 0 Å². The Morgan fingerprint density at radius 3 is 2.69 bits per heavy atom. The number of carbonyl (C=O) groups excluding carboxylic acids is 1. The van der Waals surface area contributed by atoms with Crippen LogP contribution in [0.2, 0.25) is 0 Å². The second kappa shape index (κ2) is 3.51. The van der Waals surface area contributed by atoms with Crippen LogP contribution in [0.25, 0.3) is 0 Å². The first-order valence-corrected chi connectivity index (χ1v) is 4.26. The van der Waals surface area contributed by atoms with Crippen molar-refractivity contribution in [1.29, 1.82) is 0 Å². The number of ketones is 1. The van der Waals surface area contributed by atoms with Gasteiger partial charge < -0.3 is 4.74 Å². The predicted octanol–water partition coefficient (Wildman–Crippen LogP) is 0.835. The molecule has 2 rings (SSSR count). The van der Waals surface area contributed by atoms with Crippen LogP contribution >= 0.6 is 0 Å². The van der Waals surface area contributed by atoms with Gasteiger partial charge in [-0.05, 0) is 6.07 Å². The van der Waals surface area contributed by atoms with Gasteiger partial charge in [-0.25, -0.2) is 9.97 Å². The highest BCUT2D eigenvalue weighted by Gasteiger charge is 2.26. The molecule has 0 spiro atoms. The van der Waals surface area contributed by atoms with E-state index in [1.54, 1.807) is 18.5 Å². The molecule has 1 heterocycles. The van der Waals surface area contributed by atoms with Gasteiger partial charge in [0.25, 0.3) is 0 Å². The second-order valence-electron chi connectivity index (χ2n) is 3.16. The molecular weight excluding hydrogens is 168 g/mol. The van der Waals surface area contributed by atoms with Crippen LogP contribution < -0.4 is 4.74 Å². The van der Waals surface area contributed by atoms with E-state index < -0.39 is 0 Å². The zero-order chi connectivity index (χ0) is 9.10. The Morgan fingerprint density at radius 2 is 2.08 bits per heavy atom. The van der Waals surface area contributed by atoms with E-state index in [0.29, 0.717) is 37.2 Å². The van der Waals surface area contributed by atoms with Crippen LogP contribution in [0.3, 0.4) is 0 Å². The maximum Gasteiger partial charge on any atom is 0.316 e. The van der Waals surface area contributed by atoms with Gasteiger partial charge in [0.05, 0.1) is 6.61 Å². The number of Topliss-reactive ketones (excluding diaryl/α,β-unsaturated/α-hetero) is 1.